The van der Waals surface area contributed by atoms with Crippen molar-refractivity contribution in [1.29, 1.82) is 0 Å². The lowest BCUT2D eigenvalue weighted by Gasteiger charge is -2.25. The Bertz CT molecular complexity index is 3010. The molecule has 2 heterocycles. The van der Waals surface area contributed by atoms with Crippen molar-refractivity contribution in [2.24, 2.45) is 0 Å². The van der Waals surface area contributed by atoms with Gasteiger partial charge in [0.05, 0.1) is 24.1 Å². The van der Waals surface area contributed by atoms with E-state index in [1.165, 1.54) is 21.2 Å². The Labute approximate surface area is 353 Å². The monoisotopic (exact) mass is 860 g/mol. The van der Waals surface area contributed by atoms with Crippen LogP contribution in [0, 0.1) is 0 Å². The highest BCUT2D eigenvalue weighted by atomic mass is 32.2. The summed E-state index contributed by atoms with van der Waals surface area (Å²) in [6.07, 6.45) is 0. The molecule has 0 fully saturated rings. The van der Waals surface area contributed by atoms with Gasteiger partial charge in [-0.2, -0.15) is 0 Å². The second-order valence-electron chi connectivity index (χ2n) is 14.0. The highest BCUT2D eigenvalue weighted by Gasteiger charge is 2.31. The average Bonchev–Trinajstić information content (AvgIpc) is 3.87. The largest absolute Gasteiger partial charge is 0.456 e. The van der Waals surface area contributed by atoms with Crippen molar-refractivity contribution >= 4 is 137 Å². The summed E-state index contributed by atoms with van der Waals surface area (Å²) in [4.78, 5) is 1.26. The first kappa shape index (κ1) is 37.7. The van der Waals surface area contributed by atoms with Crippen LogP contribution in [0.25, 0.3) is 65.4 Å². The first-order valence-corrected chi connectivity index (χ1v) is 23.1. The van der Waals surface area contributed by atoms with Gasteiger partial charge in [-0.15, -0.1) is 8.67 Å². The molecule has 292 valence electrons. The SMILES string of the molecule is OOOSc1ccc2oc3ccc(P(c4ccccc4)c4ccccc4)c4c5c(P(c6ccccc6)c6ccccc6)ccc6oc7ccc(SOOO)c(c1c2c34)c7c65. The second-order valence-corrected chi connectivity index (χ2v) is 19.8. The topological polar surface area (TPSA) is 104 Å². The number of fused-ring (bicyclic) bond motifs is 2. The van der Waals surface area contributed by atoms with Crippen molar-refractivity contribution < 1.29 is 38.1 Å². The van der Waals surface area contributed by atoms with Gasteiger partial charge in [-0.25, -0.2) is 10.5 Å². The standard InChI is InChI=1S/C48H30O8P2S2/c49-53-55-59-39-27-23-35-43-41-33(51-35)21-25-37(57(29-13-5-1-6-14-29)30-15-7-2-8-16-30)45(41)46-38(58(31-17-9-3-10-18-31)32-19-11-4-12-20-32)26-22-34-42(46)44-36(52-34)24-28-40(60-56-54-50)48(44)47(39)43/h1-28,49-50H. The van der Waals surface area contributed by atoms with Gasteiger partial charge in [0.1, 0.15) is 22.3 Å². The molecule has 0 radical (unpaired) electrons. The van der Waals surface area contributed by atoms with Gasteiger partial charge in [-0.3, -0.25) is 0 Å². The zero-order chi connectivity index (χ0) is 40.2. The van der Waals surface area contributed by atoms with E-state index in [0.29, 0.717) is 32.1 Å². The summed E-state index contributed by atoms with van der Waals surface area (Å²) < 4.78 is 24.1. The highest BCUT2D eigenvalue weighted by Crippen LogP contribution is 2.52. The lowest BCUT2D eigenvalue weighted by molar-refractivity contribution is -0.432. The first-order valence-electron chi connectivity index (χ1n) is 18.9. The van der Waals surface area contributed by atoms with Gasteiger partial charge in [0, 0.05) is 52.9 Å². The third kappa shape index (κ3) is 6.20. The van der Waals surface area contributed by atoms with E-state index in [9.17, 15) is 10.5 Å². The average molecular weight is 861 g/mol. The Balaban J connectivity index is 1.45. The molecule has 0 saturated carbocycles. The maximum atomic E-state index is 9.44. The fraction of sp³-hybridized carbons (Fsp3) is 0. The van der Waals surface area contributed by atoms with Crippen LogP contribution in [-0.4, -0.2) is 10.5 Å². The van der Waals surface area contributed by atoms with Gasteiger partial charge >= 0.3 is 0 Å². The predicted octanol–water partition coefficient (Wildman–Crippen LogP) is 11.6. The van der Waals surface area contributed by atoms with Crippen LogP contribution >= 0.6 is 39.9 Å². The molecule has 0 aliphatic heterocycles. The Morgan fingerprint density at radius 2 is 0.633 bits per heavy atom. The van der Waals surface area contributed by atoms with Gasteiger partial charge in [-0.05, 0) is 96.2 Å². The number of benzene rings is 8. The molecule has 9 aromatic carbocycles. The van der Waals surface area contributed by atoms with Crippen LogP contribution in [0.15, 0.2) is 188 Å². The summed E-state index contributed by atoms with van der Waals surface area (Å²) in [6.45, 7) is 0. The van der Waals surface area contributed by atoms with E-state index in [0.717, 1.165) is 77.8 Å². The van der Waals surface area contributed by atoms with Gasteiger partial charge < -0.3 is 8.83 Å². The van der Waals surface area contributed by atoms with Crippen molar-refractivity contribution in [3.63, 3.8) is 0 Å². The van der Waals surface area contributed by atoms with Crippen LogP contribution in [0.1, 0.15) is 0 Å². The molecule has 0 aliphatic carbocycles. The van der Waals surface area contributed by atoms with Gasteiger partial charge in [0.15, 0.2) is 0 Å². The molecule has 2 aromatic heterocycles. The molecule has 0 atom stereocenters. The van der Waals surface area contributed by atoms with Crippen molar-refractivity contribution in [2.75, 3.05) is 0 Å². The van der Waals surface area contributed by atoms with E-state index >= 15 is 0 Å². The van der Waals surface area contributed by atoms with E-state index in [4.69, 9.17) is 17.5 Å². The maximum Gasteiger partial charge on any atom is 0.136 e. The molecule has 0 aliphatic rings. The maximum absolute atomic E-state index is 9.44. The molecule has 2 N–H and O–H groups in total. The second kappa shape index (κ2) is 15.9. The fourth-order valence-electron chi connectivity index (χ4n) is 8.62. The summed E-state index contributed by atoms with van der Waals surface area (Å²) in [6, 6.07) is 59.1. The molecular weight excluding hydrogens is 831 g/mol. The van der Waals surface area contributed by atoms with Gasteiger partial charge in [0.2, 0.25) is 0 Å². The lowest BCUT2D eigenvalue weighted by Crippen LogP contribution is -2.24. The first-order chi connectivity index (χ1) is 29.7. The Morgan fingerprint density at radius 3 is 0.950 bits per heavy atom. The molecule has 0 unspecified atom stereocenters. The van der Waals surface area contributed by atoms with Crippen molar-refractivity contribution in [2.45, 2.75) is 9.79 Å². The summed E-state index contributed by atoms with van der Waals surface area (Å²) in [5, 5.41) is 41.5. The molecular formula is C48H30O8P2S2. The van der Waals surface area contributed by atoms with E-state index < -0.39 is 15.8 Å². The minimum Gasteiger partial charge on any atom is -0.456 e. The molecule has 8 nitrogen and oxygen atoms in total. The predicted molar refractivity (Wildman–Crippen MR) is 246 cm³/mol. The summed E-state index contributed by atoms with van der Waals surface area (Å²) >= 11 is 1.75. The fourth-order valence-corrected chi connectivity index (χ4v) is 14.6. The van der Waals surface area contributed by atoms with Crippen LogP contribution in [0.5, 0.6) is 0 Å². The third-order valence-electron chi connectivity index (χ3n) is 10.8. The number of rotatable bonds is 12. The smallest absolute Gasteiger partial charge is 0.136 e. The van der Waals surface area contributed by atoms with E-state index in [-0.39, 0.29) is 0 Å². The van der Waals surface area contributed by atoms with Crippen LogP contribution in [-0.2, 0) is 18.7 Å². The van der Waals surface area contributed by atoms with Crippen LogP contribution in [0.2, 0.25) is 0 Å². The van der Waals surface area contributed by atoms with Crippen LogP contribution in [0.4, 0.5) is 0 Å². The normalized spacial score (nSPS) is 12.2. The van der Waals surface area contributed by atoms with E-state index in [1.54, 1.807) is 0 Å². The Morgan fingerprint density at radius 1 is 0.333 bits per heavy atom. The molecule has 12 heteroatoms. The molecule has 60 heavy (non-hydrogen) atoms. The Hall–Kier alpha value is -5.32. The number of hydrogen-bond donors (Lipinski definition) is 2. The van der Waals surface area contributed by atoms with Crippen LogP contribution < -0.4 is 31.8 Å². The van der Waals surface area contributed by atoms with Crippen molar-refractivity contribution in [3.05, 3.63) is 170 Å². The van der Waals surface area contributed by atoms with Crippen molar-refractivity contribution in [3.8, 4) is 0 Å². The van der Waals surface area contributed by atoms with Crippen molar-refractivity contribution in [1.82, 2.24) is 0 Å². The highest BCUT2D eigenvalue weighted by molar-refractivity contribution is 7.95. The summed E-state index contributed by atoms with van der Waals surface area (Å²) in [5.41, 5.74) is 2.71. The van der Waals surface area contributed by atoms with E-state index in [2.05, 4.69) is 156 Å². The molecule has 0 saturated heterocycles. The van der Waals surface area contributed by atoms with Crippen LogP contribution in [0.3, 0.4) is 0 Å². The molecule has 0 bridgehead atoms. The number of furan rings is 2. The van der Waals surface area contributed by atoms with E-state index in [1.807, 2.05) is 24.3 Å². The molecule has 11 rings (SSSR count). The zero-order valence-corrected chi connectivity index (χ0v) is 34.6. The summed E-state index contributed by atoms with van der Waals surface area (Å²) in [7, 11) is -2.31. The minimum absolute atomic E-state index is 0.632. The third-order valence-corrected chi connectivity index (χ3v) is 17.1. The molecule has 11 aromatic rings. The lowest BCUT2D eigenvalue weighted by atomic mass is 9.94. The minimum atomic E-state index is -1.16. The summed E-state index contributed by atoms with van der Waals surface area (Å²) in [5.74, 6) is 0. The zero-order valence-electron chi connectivity index (χ0n) is 31.2. The van der Waals surface area contributed by atoms with Gasteiger partial charge in [-0.1, -0.05) is 131 Å². The Kier molecular flexibility index (Phi) is 10.0. The number of hydrogen-bond acceptors (Lipinski definition) is 10. The molecule has 0 amide bonds. The van der Waals surface area contributed by atoms with Gasteiger partial charge in [0.25, 0.3) is 0 Å². The molecule has 0 spiro atoms. The quantitative estimate of drug-likeness (QED) is 0.0534.